The van der Waals surface area contributed by atoms with Crippen molar-refractivity contribution in [3.05, 3.63) is 52.8 Å². The van der Waals surface area contributed by atoms with Crippen molar-refractivity contribution in [3.63, 3.8) is 0 Å². The summed E-state index contributed by atoms with van der Waals surface area (Å²) < 4.78 is 6.80. The van der Waals surface area contributed by atoms with E-state index in [4.69, 9.17) is 4.74 Å². The minimum Gasteiger partial charge on any atom is -0.469 e. The predicted molar refractivity (Wildman–Crippen MR) is 82.2 cm³/mol. The summed E-state index contributed by atoms with van der Waals surface area (Å²) in [6.07, 6.45) is 2.19. The molecule has 4 heteroatoms. The molecule has 0 fully saturated rings. The van der Waals surface area contributed by atoms with Gasteiger partial charge in [0.1, 0.15) is 0 Å². The Balaban J connectivity index is 2.27. The highest BCUT2D eigenvalue weighted by molar-refractivity contribution is 5.72. The molecule has 1 aromatic heterocycles. The second kappa shape index (κ2) is 7.07. The summed E-state index contributed by atoms with van der Waals surface area (Å²) in [5, 5.41) is 4.64. The van der Waals surface area contributed by atoms with Crippen molar-refractivity contribution in [2.75, 3.05) is 7.11 Å². The van der Waals surface area contributed by atoms with Crippen molar-refractivity contribution in [1.82, 2.24) is 9.78 Å². The first-order chi connectivity index (χ1) is 10.2. The summed E-state index contributed by atoms with van der Waals surface area (Å²) in [6.45, 7) is 4.93. The highest BCUT2D eigenvalue weighted by atomic mass is 16.5. The zero-order valence-corrected chi connectivity index (χ0v) is 12.9. The Morgan fingerprint density at radius 2 is 1.90 bits per heavy atom. The summed E-state index contributed by atoms with van der Waals surface area (Å²) in [5.41, 5.74) is 4.44. The van der Waals surface area contributed by atoms with Gasteiger partial charge in [0.05, 0.1) is 25.8 Å². The molecule has 0 N–H and O–H groups in total. The maximum atomic E-state index is 11.5. The first-order valence-corrected chi connectivity index (χ1v) is 7.37. The fraction of sp³-hybridized carbons (Fsp3) is 0.412. The van der Waals surface area contributed by atoms with Crippen LogP contribution in [0, 0.1) is 0 Å². The van der Waals surface area contributed by atoms with E-state index in [0.717, 1.165) is 29.7 Å². The van der Waals surface area contributed by atoms with Crippen LogP contribution >= 0.6 is 0 Å². The van der Waals surface area contributed by atoms with E-state index in [-0.39, 0.29) is 5.97 Å². The third kappa shape index (κ3) is 3.72. The van der Waals surface area contributed by atoms with E-state index in [1.807, 2.05) is 28.9 Å². The van der Waals surface area contributed by atoms with Crippen molar-refractivity contribution < 1.29 is 9.53 Å². The van der Waals surface area contributed by atoms with Gasteiger partial charge in [-0.3, -0.25) is 9.48 Å². The molecular formula is C17H22N2O2. The molecule has 2 rings (SSSR count). The number of nitrogens with zero attached hydrogens (tertiary/aromatic N) is 2. The van der Waals surface area contributed by atoms with Crippen molar-refractivity contribution in [2.24, 2.45) is 0 Å². The van der Waals surface area contributed by atoms with Gasteiger partial charge in [0.2, 0.25) is 0 Å². The quantitative estimate of drug-likeness (QED) is 0.767. The molecule has 1 aromatic carbocycles. The first-order valence-electron chi connectivity index (χ1n) is 7.37. The largest absolute Gasteiger partial charge is 0.469 e. The van der Waals surface area contributed by atoms with E-state index >= 15 is 0 Å². The molecule has 4 nitrogen and oxygen atoms in total. The number of aryl methyl sites for hydroxylation is 2. The van der Waals surface area contributed by atoms with E-state index in [1.165, 1.54) is 12.8 Å². The summed E-state index contributed by atoms with van der Waals surface area (Å²) in [4.78, 5) is 11.5. The average Bonchev–Trinajstić information content (AvgIpc) is 2.91. The molecule has 0 aliphatic carbocycles. The molecular weight excluding hydrogens is 264 g/mol. The van der Waals surface area contributed by atoms with Crippen LogP contribution in [0.25, 0.3) is 0 Å². The van der Waals surface area contributed by atoms with Gasteiger partial charge >= 0.3 is 5.97 Å². The molecule has 0 bridgehead atoms. The third-order valence-corrected chi connectivity index (χ3v) is 3.64. The van der Waals surface area contributed by atoms with Gasteiger partial charge in [-0.2, -0.15) is 5.10 Å². The highest BCUT2D eigenvalue weighted by Crippen LogP contribution is 2.15. The number of carbonyl (C=O) groups is 1. The Bertz CT molecular complexity index is 617. The molecule has 0 aliphatic heterocycles. The van der Waals surface area contributed by atoms with Crippen LogP contribution in [0.1, 0.15) is 36.4 Å². The van der Waals surface area contributed by atoms with Crippen molar-refractivity contribution in [3.8, 4) is 0 Å². The Hall–Kier alpha value is -2.10. The molecule has 0 aliphatic rings. The number of benzene rings is 1. The van der Waals surface area contributed by atoms with Gasteiger partial charge in [0.15, 0.2) is 0 Å². The minimum absolute atomic E-state index is 0.215. The molecule has 0 amide bonds. The molecule has 112 valence electrons. The van der Waals surface area contributed by atoms with E-state index in [0.29, 0.717) is 13.0 Å². The number of ether oxygens (including phenoxy) is 1. The first kappa shape index (κ1) is 15.3. The number of aromatic nitrogens is 2. The van der Waals surface area contributed by atoms with Crippen LogP contribution in [-0.2, 0) is 35.3 Å². The molecule has 21 heavy (non-hydrogen) atoms. The van der Waals surface area contributed by atoms with Gasteiger partial charge in [-0.1, -0.05) is 38.1 Å². The molecule has 1 heterocycles. The predicted octanol–water partition coefficient (Wildman–Crippen LogP) is 2.77. The van der Waals surface area contributed by atoms with Gasteiger partial charge in [-0.25, -0.2) is 0 Å². The smallest absolute Gasteiger partial charge is 0.309 e. The van der Waals surface area contributed by atoms with Gasteiger partial charge in [0, 0.05) is 5.69 Å². The molecule has 0 atom stereocenters. The fourth-order valence-corrected chi connectivity index (χ4v) is 2.38. The van der Waals surface area contributed by atoms with Crippen molar-refractivity contribution in [1.29, 1.82) is 0 Å². The standard InChI is InChI=1S/C17H22N2O2/c1-4-15-11-16(5-2)19(18-15)12-14-9-7-6-8-13(14)10-17(20)21-3/h6-9,11H,4-5,10,12H2,1-3H3. The minimum atomic E-state index is -0.215. The van der Waals surface area contributed by atoms with Gasteiger partial charge < -0.3 is 4.74 Å². The Kier molecular flexibility index (Phi) is 5.14. The van der Waals surface area contributed by atoms with Crippen LogP contribution in [0.2, 0.25) is 0 Å². The molecule has 0 unspecified atom stereocenters. The number of methoxy groups -OCH3 is 1. The second-order valence-electron chi connectivity index (χ2n) is 5.01. The average molecular weight is 286 g/mol. The number of esters is 1. The summed E-state index contributed by atoms with van der Waals surface area (Å²) in [5.74, 6) is -0.215. The van der Waals surface area contributed by atoms with E-state index in [2.05, 4.69) is 25.0 Å². The monoisotopic (exact) mass is 286 g/mol. The normalized spacial score (nSPS) is 10.6. The van der Waals surface area contributed by atoms with Crippen LogP contribution in [0.15, 0.2) is 30.3 Å². The molecule has 0 radical (unpaired) electrons. The van der Waals surface area contributed by atoms with E-state index in [9.17, 15) is 4.79 Å². The number of rotatable bonds is 6. The zero-order chi connectivity index (χ0) is 15.2. The summed E-state index contributed by atoms with van der Waals surface area (Å²) >= 11 is 0. The zero-order valence-electron chi connectivity index (χ0n) is 12.9. The maximum absolute atomic E-state index is 11.5. The van der Waals surface area contributed by atoms with Crippen LogP contribution in [-0.4, -0.2) is 22.9 Å². The summed E-state index contributed by atoms with van der Waals surface area (Å²) in [7, 11) is 1.42. The molecule has 0 saturated heterocycles. The SMILES string of the molecule is CCc1cc(CC)n(Cc2ccccc2CC(=O)OC)n1. The van der Waals surface area contributed by atoms with Crippen LogP contribution in [0.5, 0.6) is 0 Å². The van der Waals surface area contributed by atoms with E-state index in [1.54, 1.807) is 0 Å². The number of carbonyl (C=O) groups excluding carboxylic acids is 1. The van der Waals surface area contributed by atoms with Crippen molar-refractivity contribution in [2.45, 2.75) is 39.7 Å². The summed E-state index contributed by atoms with van der Waals surface area (Å²) in [6, 6.07) is 10.1. The Morgan fingerprint density at radius 1 is 1.19 bits per heavy atom. The Labute approximate surface area is 125 Å². The molecule has 2 aromatic rings. The molecule has 0 saturated carbocycles. The second-order valence-corrected chi connectivity index (χ2v) is 5.01. The van der Waals surface area contributed by atoms with Crippen LogP contribution in [0.3, 0.4) is 0 Å². The molecule has 0 spiro atoms. The van der Waals surface area contributed by atoms with Gasteiger partial charge in [0.25, 0.3) is 0 Å². The van der Waals surface area contributed by atoms with Gasteiger partial charge in [-0.05, 0) is 30.0 Å². The topological polar surface area (TPSA) is 44.1 Å². The maximum Gasteiger partial charge on any atom is 0.309 e. The number of hydrogen-bond donors (Lipinski definition) is 0. The lowest BCUT2D eigenvalue weighted by molar-refractivity contribution is -0.139. The number of hydrogen-bond acceptors (Lipinski definition) is 3. The van der Waals surface area contributed by atoms with E-state index < -0.39 is 0 Å². The van der Waals surface area contributed by atoms with Crippen molar-refractivity contribution >= 4 is 5.97 Å². The lowest BCUT2D eigenvalue weighted by Gasteiger charge is -2.11. The Morgan fingerprint density at radius 3 is 2.52 bits per heavy atom. The highest BCUT2D eigenvalue weighted by Gasteiger charge is 2.11. The lowest BCUT2D eigenvalue weighted by Crippen LogP contribution is -2.11. The lowest BCUT2D eigenvalue weighted by atomic mass is 10.0. The van der Waals surface area contributed by atoms with Gasteiger partial charge in [-0.15, -0.1) is 0 Å². The van der Waals surface area contributed by atoms with Crippen LogP contribution < -0.4 is 0 Å². The van der Waals surface area contributed by atoms with Crippen LogP contribution in [0.4, 0.5) is 0 Å². The third-order valence-electron chi connectivity index (χ3n) is 3.64. The fourth-order valence-electron chi connectivity index (χ4n) is 2.38.